The van der Waals surface area contributed by atoms with Crippen molar-refractivity contribution in [2.24, 2.45) is 10.2 Å². The van der Waals surface area contributed by atoms with E-state index in [2.05, 4.69) is 10.5 Å². The van der Waals surface area contributed by atoms with Gasteiger partial charge in [0.1, 0.15) is 4.90 Å². The molecule has 3 N–H and O–H groups in total. The van der Waals surface area contributed by atoms with Crippen molar-refractivity contribution in [1.82, 2.24) is 0 Å². The number of nitrogens with zero attached hydrogens (tertiary/aromatic N) is 1. The molecule has 0 heterocycles. The molecule has 0 unspecified atom stereocenters. The molecule has 0 aliphatic rings. The zero-order valence-corrected chi connectivity index (χ0v) is 9.38. The van der Waals surface area contributed by atoms with Crippen molar-refractivity contribution in [3.8, 4) is 0 Å². The van der Waals surface area contributed by atoms with Gasteiger partial charge in [0.25, 0.3) is 0 Å². The Morgan fingerprint density at radius 2 is 1.93 bits per heavy atom. The number of hydrogen-bond acceptors (Lipinski definition) is 4. The van der Waals surface area contributed by atoms with Gasteiger partial charge in [-0.3, -0.25) is 5.43 Å². The first-order valence-electron chi connectivity index (χ1n) is 4.30. The molecule has 0 radical (unpaired) electrons. The van der Waals surface area contributed by atoms with Gasteiger partial charge >= 0.3 is 0 Å². The lowest BCUT2D eigenvalue weighted by Gasteiger charge is -2.06. The predicted molar refractivity (Wildman–Crippen MR) is 60.2 cm³/mol. The van der Waals surface area contributed by atoms with Gasteiger partial charge in [-0.2, -0.15) is 5.10 Å². The molecular formula is C9H13N3O2S. The van der Waals surface area contributed by atoms with Crippen molar-refractivity contribution in [1.29, 1.82) is 0 Å². The maximum Gasteiger partial charge on any atom is 0.240 e. The summed E-state index contributed by atoms with van der Waals surface area (Å²) in [6.45, 7) is 3.60. The van der Waals surface area contributed by atoms with E-state index in [1.54, 1.807) is 32.0 Å². The highest BCUT2D eigenvalue weighted by molar-refractivity contribution is 7.89. The normalized spacial score (nSPS) is 10.9. The molecule has 1 rings (SSSR count). The van der Waals surface area contributed by atoms with Gasteiger partial charge in [-0.1, -0.05) is 12.1 Å². The molecule has 0 atom stereocenters. The first-order chi connectivity index (χ1) is 6.91. The van der Waals surface area contributed by atoms with Crippen LogP contribution in [0.3, 0.4) is 0 Å². The summed E-state index contributed by atoms with van der Waals surface area (Å²) in [5.74, 6) is 0. The summed E-state index contributed by atoms with van der Waals surface area (Å²) in [4.78, 5) is 0.0370. The van der Waals surface area contributed by atoms with Crippen molar-refractivity contribution >= 4 is 21.4 Å². The van der Waals surface area contributed by atoms with Crippen molar-refractivity contribution < 1.29 is 8.42 Å². The van der Waals surface area contributed by atoms with Crippen molar-refractivity contribution in [2.45, 2.75) is 18.7 Å². The smallest absolute Gasteiger partial charge is 0.240 e. The lowest BCUT2D eigenvalue weighted by atomic mass is 10.3. The van der Waals surface area contributed by atoms with Gasteiger partial charge in [0.2, 0.25) is 10.0 Å². The molecule has 82 valence electrons. The van der Waals surface area contributed by atoms with E-state index in [1.165, 1.54) is 6.07 Å². The van der Waals surface area contributed by atoms with Crippen molar-refractivity contribution in [3.05, 3.63) is 24.3 Å². The Kier molecular flexibility index (Phi) is 3.43. The Bertz CT molecular complexity index is 476. The summed E-state index contributed by atoms with van der Waals surface area (Å²) in [7, 11) is -3.71. The predicted octanol–water partition coefficient (Wildman–Crippen LogP) is 1.14. The van der Waals surface area contributed by atoms with Crippen LogP contribution in [-0.4, -0.2) is 14.1 Å². The Morgan fingerprint density at radius 3 is 2.47 bits per heavy atom. The fourth-order valence-corrected chi connectivity index (χ4v) is 1.67. The standard InChI is InChI=1S/C9H13N3O2S/c1-7(2)11-12-8-5-3-4-6-9(8)15(10,13)14/h3-6,12H,1-2H3,(H2,10,13,14). The summed E-state index contributed by atoms with van der Waals surface area (Å²) in [6, 6.07) is 6.34. The molecule has 1 aromatic carbocycles. The molecule has 5 nitrogen and oxygen atoms in total. The van der Waals surface area contributed by atoms with E-state index in [0.717, 1.165) is 5.71 Å². The number of hydrazone groups is 1. The first-order valence-corrected chi connectivity index (χ1v) is 5.84. The number of anilines is 1. The maximum absolute atomic E-state index is 11.2. The summed E-state index contributed by atoms with van der Waals surface area (Å²) >= 11 is 0. The van der Waals surface area contributed by atoms with Crippen molar-refractivity contribution in [2.75, 3.05) is 5.43 Å². The topological polar surface area (TPSA) is 84.5 Å². The molecule has 1 aromatic rings. The van der Waals surface area contributed by atoms with Gasteiger partial charge in [0.15, 0.2) is 0 Å². The van der Waals surface area contributed by atoms with E-state index in [1.807, 2.05) is 0 Å². The van der Waals surface area contributed by atoms with Crippen LogP contribution < -0.4 is 10.6 Å². The molecule has 0 saturated heterocycles. The highest BCUT2D eigenvalue weighted by Gasteiger charge is 2.12. The molecule has 0 saturated carbocycles. The second-order valence-electron chi connectivity index (χ2n) is 3.21. The summed E-state index contributed by atoms with van der Waals surface area (Å²) < 4.78 is 22.4. The van der Waals surface area contributed by atoms with Crippen LogP contribution in [0.1, 0.15) is 13.8 Å². The van der Waals surface area contributed by atoms with E-state index in [9.17, 15) is 8.42 Å². The SMILES string of the molecule is CC(C)=NNc1ccccc1S(N)(=O)=O. The van der Waals surface area contributed by atoms with Gasteiger partial charge in [0, 0.05) is 5.71 Å². The molecule has 0 aliphatic heterocycles. The van der Waals surface area contributed by atoms with Crippen LogP contribution in [-0.2, 0) is 10.0 Å². The van der Waals surface area contributed by atoms with Crippen LogP contribution >= 0.6 is 0 Å². The van der Waals surface area contributed by atoms with Gasteiger partial charge in [-0.25, -0.2) is 13.6 Å². The minimum Gasteiger partial charge on any atom is -0.277 e. The number of benzene rings is 1. The minimum absolute atomic E-state index is 0.0370. The van der Waals surface area contributed by atoms with Crippen molar-refractivity contribution in [3.63, 3.8) is 0 Å². The largest absolute Gasteiger partial charge is 0.277 e. The van der Waals surface area contributed by atoms with E-state index in [4.69, 9.17) is 5.14 Å². The average molecular weight is 227 g/mol. The van der Waals surface area contributed by atoms with Gasteiger partial charge in [-0.05, 0) is 26.0 Å². The monoisotopic (exact) mass is 227 g/mol. The zero-order chi connectivity index (χ0) is 11.5. The van der Waals surface area contributed by atoms with Gasteiger partial charge < -0.3 is 0 Å². The third kappa shape index (κ3) is 3.34. The summed E-state index contributed by atoms with van der Waals surface area (Å²) in [6.07, 6.45) is 0. The highest BCUT2D eigenvalue weighted by atomic mass is 32.2. The van der Waals surface area contributed by atoms with Crippen LogP contribution in [0.15, 0.2) is 34.3 Å². The zero-order valence-electron chi connectivity index (χ0n) is 8.56. The molecule has 0 aromatic heterocycles. The Labute approximate surface area is 89.0 Å². The first kappa shape index (κ1) is 11.7. The number of para-hydroxylation sites is 1. The Hall–Kier alpha value is -1.40. The van der Waals surface area contributed by atoms with Crippen LogP contribution in [0.5, 0.6) is 0 Å². The van der Waals surface area contributed by atoms with Crippen LogP contribution in [0.4, 0.5) is 5.69 Å². The Morgan fingerprint density at radius 1 is 1.33 bits per heavy atom. The number of rotatable bonds is 3. The van der Waals surface area contributed by atoms with E-state index in [0.29, 0.717) is 5.69 Å². The van der Waals surface area contributed by atoms with E-state index >= 15 is 0 Å². The molecule has 0 aliphatic carbocycles. The molecule has 0 fully saturated rings. The molecule has 0 amide bonds. The third-order valence-electron chi connectivity index (χ3n) is 1.59. The molecule has 0 bridgehead atoms. The molecular weight excluding hydrogens is 214 g/mol. The minimum atomic E-state index is -3.71. The quantitative estimate of drug-likeness (QED) is 0.600. The number of nitrogens with one attached hydrogen (secondary N) is 1. The second-order valence-corrected chi connectivity index (χ2v) is 4.74. The lowest BCUT2D eigenvalue weighted by Crippen LogP contribution is -2.14. The third-order valence-corrected chi connectivity index (χ3v) is 2.56. The number of nitrogens with two attached hydrogens (primary N) is 1. The van der Waals surface area contributed by atoms with Crippen LogP contribution in [0.2, 0.25) is 0 Å². The fraction of sp³-hybridized carbons (Fsp3) is 0.222. The summed E-state index contributed by atoms with van der Waals surface area (Å²) in [5, 5.41) is 8.96. The lowest BCUT2D eigenvalue weighted by molar-refractivity contribution is 0.598. The van der Waals surface area contributed by atoms with E-state index in [-0.39, 0.29) is 4.90 Å². The number of primary sulfonamides is 1. The maximum atomic E-state index is 11.2. The summed E-state index contributed by atoms with van der Waals surface area (Å²) in [5.41, 5.74) is 3.82. The average Bonchev–Trinajstić information content (AvgIpc) is 2.13. The highest BCUT2D eigenvalue weighted by Crippen LogP contribution is 2.18. The van der Waals surface area contributed by atoms with Gasteiger partial charge in [0.05, 0.1) is 5.69 Å². The van der Waals surface area contributed by atoms with Crippen LogP contribution in [0, 0.1) is 0 Å². The molecule has 0 spiro atoms. The number of sulfonamides is 1. The second kappa shape index (κ2) is 4.41. The fourth-order valence-electron chi connectivity index (χ4n) is 0.979. The van der Waals surface area contributed by atoms with E-state index < -0.39 is 10.0 Å². The molecule has 6 heteroatoms. The molecule has 15 heavy (non-hydrogen) atoms. The Balaban J connectivity index is 3.14. The van der Waals surface area contributed by atoms with Gasteiger partial charge in [-0.15, -0.1) is 0 Å². The van der Waals surface area contributed by atoms with Crippen LogP contribution in [0.25, 0.3) is 0 Å². The number of hydrogen-bond donors (Lipinski definition) is 2.